The first-order valence-electron chi connectivity index (χ1n) is 8.50. The standard InChI is InChI=1S/C19H24O7/c1-11-5-3-7-14(20)18(23)15(21)8-4-6-12-9-13(25-2)10-16(22)17(12)19(24)26-11/h3,7,9-11,15,18,21-23H,4-6,8H2,1-2H3/b7-3+/t11-,15-,18+/m0/s1. The fourth-order valence-electron chi connectivity index (χ4n) is 2.82. The van der Waals surface area contributed by atoms with Gasteiger partial charge in [0.15, 0.2) is 5.78 Å². The number of carbonyl (C=O) groups is 2. The van der Waals surface area contributed by atoms with E-state index in [2.05, 4.69) is 0 Å². The molecule has 0 aliphatic carbocycles. The van der Waals surface area contributed by atoms with E-state index in [1.165, 1.54) is 25.3 Å². The van der Waals surface area contributed by atoms with Gasteiger partial charge in [0.25, 0.3) is 0 Å². The highest BCUT2D eigenvalue weighted by Crippen LogP contribution is 2.30. The highest BCUT2D eigenvalue weighted by molar-refractivity contribution is 5.95. The molecule has 1 aromatic carbocycles. The number of cyclic esters (lactones) is 1. The number of methoxy groups -OCH3 is 1. The van der Waals surface area contributed by atoms with E-state index in [1.54, 1.807) is 13.0 Å². The lowest BCUT2D eigenvalue weighted by atomic mass is 9.97. The number of ether oxygens (including phenoxy) is 2. The third-order valence-electron chi connectivity index (χ3n) is 4.27. The zero-order valence-corrected chi connectivity index (χ0v) is 14.8. The number of aliphatic hydroxyl groups excluding tert-OH is 2. The highest BCUT2D eigenvalue weighted by atomic mass is 16.5. The average Bonchev–Trinajstić information content (AvgIpc) is 2.59. The van der Waals surface area contributed by atoms with E-state index in [-0.39, 0.29) is 24.2 Å². The number of benzene rings is 1. The van der Waals surface area contributed by atoms with Gasteiger partial charge < -0.3 is 24.8 Å². The molecule has 0 bridgehead atoms. The molecule has 0 amide bonds. The first-order valence-corrected chi connectivity index (χ1v) is 8.50. The number of hydrogen-bond donors (Lipinski definition) is 3. The Morgan fingerprint density at radius 1 is 1.23 bits per heavy atom. The van der Waals surface area contributed by atoms with Crippen LogP contribution in [0.15, 0.2) is 24.3 Å². The Balaban J connectivity index is 2.36. The fraction of sp³-hybridized carbons (Fsp3) is 0.474. The number of aromatic hydroxyl groups is 1. The van der Waals surface area contributed by atoms with Gasteiger partial charge in [0.2, 0.25) is 0 Å². The molecule has 142 valence electrons. The first-order chi connectivity index (χ1) is 12.3. The second-order valence-corrected chi connectivity index (χ2v) is 6.34. The molecule has 1 aliphatic heterocycles. The van der Waals surface area contributed by atoms with Crippen LogP contribution in [-0.4, -0.2) is 52.5 Å². The number of ketones is 1. The van der Waals surface area contributed by atoms with Gasteiger partial charge >= 0.3 is 5.97 Å². The van der Waals surface area contributed by atoms with Crippen LogP contribution in [0.4, 0.5) is 0 Å². The second kappa shape index (κ2) is 8.82. The Bertz CT molecular complexity index is 695. The van der Waals surface area contributed by atoms with Crippen LogP contribution in [0.25, 0.3) is 0 Å². The smallest absolute Gasteiger partial charge is 0.342 e. The van der Waals surface area contributed by atoms with E-state index >= 15 is 0 Å². The molecule has 1 aromatic rings. The van der Waals surface area contributed by atoms with Crippen molar-refractivity contribution in [1.29, 1.82) is 0 Å². The van der Waals surface area contributed by atoms with E-state index in [0.717, 1.165) is 0 Å². The number of fused-ring (bicyclic) bond motifs is 1. The summed E-state index contributed by atoms with van der Waals surface area (Å²) in [5, 5.41) is 30.1. The minimum Gasteiger partial charge on any atom is -0.507 e. The van der Waals surface area contributed by atoms with Crippen LogP contribution < -0.4 is 4.74 Å². The fourth-order valence-corrected chi connectivity index (χ4v) is 2.82. The SMILES string of the molecule is COc1cc(O)c2c(c1)CCC[C@H](O)[C@H](O)C(=O)/C=C/C[C@H](C)OC2=O. The van der Waals surface area contributed by atoms with Crippen molar-refractivity contribution in [3.8, 4) is 11.5 Å². The molecule has 0 saturated carbocycles. The number of aliphatic hydroxyl groups is 2. The molecule has 3 N–H and O–H groups in total. The van der Waals surface area contributed by atoms with Crippen LogP contribution in [0.1, 0.15) is 42.1 Å². The van der Waals surface area contributed by atoms with Gasteiger partial charge in [-0.2, -0.15) is 0 Å². The lowest BCUT2D eigenvalue weighted by Crippen LogP contribution is -2.33. The molecule has 3 atom stereocenters. The van der Waals surface area contributed by atoms with Gasteiger partial charge in [-0.05, 0) is 43.9 Å². The van der Waals surface area contributed by atoms with Crippen LogP contribution in [-0.2, 0) is 16.0 Å². The first kappa shape index (κ1) is 19.9. The van der Waals surface area contributed by atoms with Crippen molar-refractivity contribution in [2.45, 2.75) is 50.9 Å². The van der Waals surface area contributed by atoms with Gasteiger partial charge in [-0.15, -0.1) is 0 Å². The third kappa shape index (κ3) is 4.83. The summed E-state index contributed by atoms with van der Waals surface area (Å²) in [7, 11) is 1.45. The molecular weight excluding hydrogens is 340 g/mol. The van der Waals surface area contributed by atoms with Crippen LogP contribution in [0.2, 0.25) is 0 Å². The Kier molecular flexibility index (Phi) is 6.76. The van der Waals surface area contributed by atoms with Crippen molar-refractivity contribution < 1.29 is 34.4 Å². The molecule has 0 aromatic heterocycles. The molecule has 26 heavy (non-hydrogen) atoms. The summed E-state index contributed by atoms with van der Waals surface area (Å²) in [5.41, 5.74) is 0.574. The van der Waals surface area contributed by atoms with Gasteiger partial charge in [-0.3, -0.25) is 4.79 Å². The van der Waals surface area contributed by atoms with Crippen LogP contribution in [0, 0.1) is 0 Å². The van der Waals surface area contributed by atoms with E-state index in [1.807, 2.05) is 0 Å². The topological polar surface area (TPSA) is 113 Å². The number of aryl methyl sites for hydroxylation is 1. The molecule has 7 nitrogen and oxygen atoms in total. The monoisotopic (exact) mass is 364 g/mol. The van der Waals surface area contributed by atoms with E-state index in [0.29, 0.717) is 24.2 Å². The van der Waals surface area contributed by atoms with Crippen molar-refractivity contribution in [3.63, 3.8) is 0 Å². The quantitative estimate of drug-likeness (QED) is 0.648. The summed E-state index contributed by atoms with van der Waals surface area (Å²) in [5.74, 6) is -1.10. The summed E-state index contributed by atoms with van der Waals surface area (Å²) < 4.78 is 10.5. The molecule has 0 unspecified atom stereocenters. The summed E-state index contributed by atoms with van der Waals surface area (Å²) in [4.78, 5) is 24.3. The van der Waals surface area contributed by atoms with Crippen LogP contribution >= 0.6 is 0 Å². The number of phenolic OH excluding ortho intramolecular Hbond substituents is 1. The Morgan fingerprint density at radius 2 is 1.96 bits per heavy atom. The Labute approximate surface area is 151 Å². The number of hydrogen-bond acceptors (Lipinski definition) is 7. The summed E-state index contributed by atoms with van der Waals surface area (Å²) in [6.45, 7) is 1.66. The highest BCUT2D eigenvalue weighted by Gasteiger charge is 2.25. The molecule has 0 fully saturated rings. The molecule has 1 aliphatic rings. The van der Waals surface area contributed by atoms with E-state index < -0.39 is 30.1 Å². The largest absolute Gasteiger partial charge is 0.507 e. The van der Waals surface area contributed by atoms with Gasteiger partial charge in [0.05, 0.1) is 13.2 Å². The molecule has 0 saturated heterocycles. The number of esters is 1. The molecule has 2 rings (SSSR count). The zero-order valence-electron chi connectivity index (χ0n) is 14.8. The average molecular weight is 364 g/mol. The Hall–Kier alpha value is -2.38. The van der Waals surface area contributed by atoms with Crippen LogP contribution in [0.3, 0.4) is 0 Å². The predicted molar refractivity (Wildman–Crippen MR) is 93.3 cm³/mol. The second-order valence-electron chi connectivity index (χ2n) is 6.34. The van der Waals surface area contributed by atoms with E-state index in [4.69, 9.17) is 9.47 Å². The van der Waals surface area contributed by atoms with Crippen molar-refractivity contribution in [1.82, 2.24) is 0 Å². The van der Waals surface area contributed by atoms with Gasteiger partial charge in [-0.1, -0.05) is 6.08 Å². The van der Waals surface area contributed by atoms with Crippen molar-refractivity contribution in [3.05, 3.63) is 35.4 Å². The summed E-state index contributed by atoms with van der Waals surface area (Å²) in [6.07, 6.45) is 0.556. The van der Waals surface area contributed by atoms with Gasteiger partial charge in [0.1, 0.15) is 29.3 Å². The van der Waals surface area contributed by atoms with Gasteiger partial charge in [0, 0.05) is 12.5 Å². The lowest BCUT2D eigenvalue weighted by molar-refractivity contribution is -0.128. The molecule has 0 radical (unpaired) electrons. The number of phenols is 1. The van der Waals surface area contributed by atoms with Crippen LogP contribution in [0.5, 0.6) is 11.5 Å². The molecule has 0 spiro atoms. The van der Waals surface area contributed by atoms with E-state index in [9.17, 15) is 24.9 Å². The maximum absolute atomic E-state index is 12.5. The van der Waals surface area contributed by atoms with Crippen molar-refractivity contribution in [2.75, 3.05) is 7.11 Å². The number of rotatable bonds is 1. The lowest BCUT2D eigenvalue weighted by Gasteiger charge is -2.18. The van der Waals surface area contributed by atoms with Crippen molar-refractivity contribution >= 4 is 11.8 Å². The summed E-state index contributed by atoms with van der Waals surface area (Å²) >= 11 is 0. The maximum Gasteiger partial charge on any atom is 0.342 e. The number of carbonyl (C=O) groups excluding carboxylic acids is 2. The Morgan fingerprint density at radius 3 is 2.65 bits per heavy atom. The molecular formula is C19H24O7. The molecule has 1 heterocycles. The third-order valence-corrected chi connectivity index (χ3v) is 4.27. The minimum atomic E-state index is -1.50. The zero-order chi connectivity index (χ0) is 19.3. The minimum absolute atomic E-state index is 0.0600. The maximum atomic E-state index is 12.5. The normalized spacial score (nSPS) is 26.4. The summed E-state index contributed by atoms with van der Waals surface area (Å²) in [6, 6.07) is 2.96. The molecule has 7 heteroatoms. The van der Waals surface area contributed by atoms with Gasteiger partial charge in [-0.25, -0.2) is 4.79 Å². The predicted octanol–water partition coefficient (Wildman–Crippen LogP) is 1.52. The van der Waals surface area contributed by atoms with Crippen molar-refractivity contribution in [2.24, 2.45) is 0 Å².